The SMILES string of the molecule is COCC(COC)c1nc(N(C)COC)nc(N(C)COC)n1. The molecule has 0 aromatic carbocycles. The normalized spacial score (nSPS) is 11.1. The van der Waals surface area contributed by atoms with E-state index < -0.39 is 0 Å². The van der Waals surface area contributed by atoms with Crippen molar-refractivity contribution in [2.75, 3.05) is 79.0 Å². The molecule has 1 aromatic heterocycles. The first-order chi connectivity index (χ1) is 11.1. The van der Waals surface area contributed by atoms with Crippen molar-refractivity contribution in [2.24, 2.45) is 0 Å². The zero-order chi connectivity index (χ0) is 17.2. The van der Waals surface area contributed by atoms with E-state index in [1.165, 1.54) is 0 Å². The molecule has 0 saturated carbocycles. The largest absolute Gasteiger partial charge is 0.384 e. The summed E-state index contributed by atoms with van der Waals surface area (Å²) in [5.41, 5.74) is 0. The molecule has 0 radical (unpaired) electrons. The Hall–Kier alpha value is -1.55. The van der Waals surface area contributed by atoms with Crippen LogP contribution in [0.1, 0.15) is 11.7 Å². The Morgan fingerprint density at radius 3 is 1.52 bits per heavy atom. The van der Waals surface area contributed by atoms with Gasteiger partial charge in [0, 0.05) is 42.5 Å². The topological polar surface area (TPSA) is 82.1 Å². The predicted molar refractivity (Wildman–Crippen MR) is 86.9 cm³/mol. The third-order valence-electron chi connectivity index (χ3n) is 3.06. The third-order valence-corrected chi connectivity index (χ3v) is 3.06. The number of nitrogens with zero attached hydrogens (tertiary/aromatic N) is 5. The average molecular weight is 329 g/mol. The molecule has 0 atom stereocenters. The van der Waals surface area contributed by atoms with Crippen molar-refractivity contribution in [3.63, 3.8) is 0 Å². The maximum absolute atomic E-state index is 5.25. The second-order valence-electron chi connectivity index (χ2n) is 5.13. The van der Waals surface area contributed by atoms with Gasteiger partial charge in [-0.25, -0.2) is 0 Å². The van der Waals surface area contributed by atoms with Gasteiger partial charge in [-0.2, -0.15) is 15.0 Å². The smallest absolute Gasteiger partial charge is 0.232 e. The molecule has 1 aromatic rings. The summed E-state index contributed by atoms with van der Waals surface area (Å²) in [6, 6.07) is 0. The molecule has 0 aliphatic heterocycles. The van der Waals surface area contributed by atoms with E-state index in [4.69, 9.17) is 18.9 Å². The van der Waals surface area contributed by atoms with Gasteiger partial charge in [0.05, 0.1) is 19.1 Å². The van der Waals surface area contributed by atoms with E-state index in [1.54, 1.807) is 38.2 Å². The van der Waals surface area contributed by atoms with E-state index in [-0.39, 0.29) is 5.92 Å². The Morgan fingerprint density at radius 1 is 0.739 bits per heavy atom. The number of hydrogen-bond acceptors (Lipinski definition) is 9. The summed E-state index contributed by atoms with van der Waals surface area (Å²) in [5, 5.41) is 0. The Morgan fingerprint density at radius 2 is 1.17 bits per heavy atom. The van der Waals surface area contributed by atoms with E-state index in [2.05, 4.69) is 15.0 Å². The van der Waals surface area contributed by atoms with Crippen molar-refractivity contribution in [3.05, 3.63) is 5.82 Å². The van der Waals surface area contributed by atoms with Crippen molar-refractivity contribution in [2.45, 2.75) is 5.92 Å². The lowest BCUT2D eigenvalue weighted by molar-refractivity contribution is 0.114. The zero-order valence-electron chi connectivity index (χ0n) is 14.8. The molecule has 132 valence electrons. The summed E-state index contributed by atoms with van der Waals surface area (Å²) in [5.74, 6) is 1.57. The minimum absolute atomic E-state index is 0.0858. The predicted octanol–water partition coefficient (Wildman–Crippen LogP) is 0.328. The Labute approximate surface area is 137 Å². The lowest BCUT2D eigenvalue weighted by Crippen LogP contribution is -2.28. The van der Waals surface area contributed by atoms with Crippen LogP contribution in [0, 0.1) is 0 Å². The standard InChI is InChI=1S/C14H27N5O4/c1-18(9-22-5)13-15-12(11(7-20-3)8-21-4)16-14(17-13)19(2)10-23-6/h11H,7-10H2,1-6H3. The van der Waals surface area contributed by atoms with Crippen molar-refractivity contribution in [3.8, 4) is 0 Å². The number of ether oxygens (including phenoxy) is 4. The van der Waals surface area contributed by atoms with Crippen LogP contribution in [0.5, 0.6) is 0 Å². The highest BCUT2D eigenvalue weighted by Crippen LogP contribution is 2.19. The molecule has 0 fully saturated rings. The van der Waals surface area contributed by atoms with Gasteiger partial charge in [0.15, 0.2) is 0 Å². The van der Waals surface area contributed by atoms with Crippen LogP contribution < -0.4 is 9.80 Å². The molecule has 0 unspecified atom stereocenters. The van der Waals surface area contributed by atoms with E-state index in [1.807, 2.05) is 14.1 Å². The van der Waals surface area contributed by atoms with Gasteiger partial charge >= 0.3 is 0 Å². The molecule has 1 rings (SSSR count). The molecule has 0 aliphatic rings. The summed E-state index contributed by atoms with van der Waals surface area (Å²) in [7, 11) is 10.2. The maximum atomic E-state index is 5.25. The lowest BCUT2D eigenvalue weighted by atomic mass is 10.1. The van der Waals surface area contributed by atoms with Gasteiger partial charge in [0.25, 0.3) is 0 Å². The Balaban J connectivity index is 3.20. The van der Waals surface area contributed by atoms with Gasteiger partial charge in [-0.15, -0.1) is 0 Å². The molecule has 23 heavy (non-hydrogen) atoms. The number of hydrogen-bond donors (Lipinski definition) is 0. The highest BCUT2D eigenvalue weighted by atomic mass is 16.5. The van der Waals surface area contributed by atoms with Crippen LogP contribution in [0.3, 0.4) is 0 Å². The summed E-state index contributed by atoms with van der Waals surface area (Å²) < 4.78 is 20.8. The average Bonchev–Trinajstić information content (AvgIpc) is 2.54. The number of methoxy groups -OCH3 is 4. The fraction of sp³-hybridized carbons (Fsp3) is 0.786. The summed E-state index contributed by atoms with van der Waals surface area (Å²) in [4.78, 5) is 17.1. The molecule has 9 heteroatoms. The zero-order valence-corrected chi connectivity index (χ0v) is 14.8. The van der Waals surface area contributed by atoms with Gasteiger partial charge in [-0.05, 0) is 0 Å². The summed E-state index contributed by atoms with van der Waals surface area (Å²) >= 11 is 0. The fourth-order valence-corrected chi connectivity index (χ4v) is 2.00. The minimum atomic E-state index is -0.0858. The molecule has 1 heterocycles. The molecule has 0 N–H and O–H groups in total. The molecular weight excluding hydrogens is 302 g/mol. The van der Waals surface area contributed by atoms with E-state index in [0.29, 0.717) is 44.4 Å². The Bertz CT molecular complexity index is 427. The second kappa shape index (κ2) is 10.3. The van der Waals surface area contributed by atoms with Crippen molar-refractivity contribution in [1.82, 2.24) is 15.0 Å². The first-order valence-electron chi connectivity index (χ1n) is 7.21. The van der Waals surface area contributed by atoms with E-state index in [9.17, 15) is 0 Å². The van der Waals surface area contributed by atoms with E-state index >= 15 is 0 Å². The van der Waals surface area contributed by atoms with Crippen LogP contribution >= 0.6 is 0 Å². The molecule has 0 bridgehead atoms. The van der Waals surface area contributed by atoms with Crippen molar-refractivity contribution >= 4 is 11.9 Å². The molecule has 0 aliphatic carbocycles. The summed E-state index contributed by atoms with van der Waals surface area (Å²) in [6.45, 7) is 1.66. The van der Waals surface area contributed by atoms with Crippen LogP contribution in [-0.4, -0.2) is 84.2 Å². The molecular formula is C14H27N5O4. The van der Waals surface area contributed by atoms with Crippen molar-refractivity contribution in [1.29, 1.82) is 0 Å². The van der Waals surface area contributed by atoms with Gasteiger partial charge < -0.3 is 28.7 Å². The number of aromatic nitrogens is 3. The highest BCUT2D eigenvalue weighted by Gasteiger charge is 2.20. The number of anilines is 2. The van der Waals surface area contributed by atoms with Crippen LogP contribution in [0.25, 0.3) is 0 Å². The minimum Gasteiger partial charge on any atom is -0.384 e. The third kappa shape index (κ3) is 5.87. The fourth-order valence-electron chi connectivity index (χ4n) is 2.00. The van der Waals surface area contributed by atoms with Crippen LogP contribution in [-0.2, 0) is 18.9 Å². The second-order valence-corrected chi connectivity index (χ2v) is 5.13. The van der Waals surface area contributed by atoms with Crippen LogP contribution in [0.15, 0.2) is 0 Å². The van der Waals surface area contributed by atoms with Crippen LogP contribution in [0.2, 0.25) is 0 Å². The first-order valence-corrected chi connectivity index (χ1v) is 7.21. The van der Waals surface area contributed by atoms with Gasteiger partial charge in [-0.3, -0.25) is 0 Å². The quantitative estimate of drug-likeness (QED) is 0.533. The highest BCUT2D eigenvalue weighted by molar-refractivity contribution is 5.38. The number of rotatable bonds is 11. The monoisotopic (exact) mass is 329 g/mol. The van der Waals surface area contributed by atoms with Crippen molar-refractivity contribution < 1.29 is 18.9 Å². The van der Waals surface area contributed by atoms with Gasteiger partial charge in [0.1, 0.15) is 19.3 Å². The molecule has 0 amide bonds. The van der Waals surface area contributed by atoms with Gasteiger partial charge in [-0.1, -0.05) is 0 Å². The summed E-state index contributed by atoms with van der Waals surface area (Å²) in [6.07, 6.45) is 0. The Kier molecular flexibility index (Phi) is 8.70. The lowest BCUT2D eigenvalue weighted by Gasteiger charge is -2.22. The molecule has 0 saturated heterocycles. The van der Waals surface area contributed by atoms with Gasteiger partial charge in [0.2, 0.25) is 11.9 Å². The molecule has 0 spiro atoms. The van der Waals surface area contributed by atoms with E-state index in [0.717, 1.165) is 0 Å². The maximum Gasteiger partial charge on any atom is 0.232 e. The van der Waals surface area contributed by atoms with Crippen LogP contribution in [0.4, 0.5) is 11.9 Å². The first kappa shape index (κ1) is 19.5. The molecule has 9 nitrogen and oxygen atoms in total.